The number of aromatic nitrogens is 3. The first-order chi connectivity index (χ1) is 13.5. The van der Waals surface area contributed by atoms with Gasteiger partial charge in [-0.3, -0.25) is 0 Å². The van der Waals surface area contributed by atoms with Crippen molar-refractivity contribution in [1.29, 1.82) is 0 Å². The van der Waals surface area contributed by atoms with Crippen molar-refractivity contribution in [3.63, 3.8) is 0 Å². The number of rotatable bonds is 3. The van der Waals surface area contributed by atoms with Gasteiger partial charge in [0.2, 0.25) is 0 Å². The lowest BCUT2D eigenvalue weighted by atomic mass is 10.0. The normalized spacial score (nSPS) is 17.8. The van der Waals surface area contributed by atoms with Crippen molar-refractivity contribution < 1.29 is 4.74 Å². The van der Waals surface area contributed by atoms with Gasteiger partial charge in [-0.1, -0.05) is 6.07 Å². The van der Waals surface area contributed by atoms with Gasteiger partial charge in [0.05, 0.1) is 11.8 Å². The molecule has 1 saturated heterocycles. The highest BCUT2D eigenvalue weighted by Gasteiger charge is 2.27. The summed E-state index contributed by atoms with van der Waals surface area (Å²) < 4.78 is 8.76. The second-order valence-corrected chi connectivity index (χ2v) is 8.68. The largest absolute Gasteiger partial charge is 0.495 e. The molecule has 1 aliphatic rings. The van der Waals surface area contributed by atoms with Gasteiger partial charge in [-0.25, -0.2) is 9.50 Å². The van der Waals surface area contributed by atoms with Gasteiger partial charge in [-0.05, 0) is 56.1 Å². The Morgan fingerprint density at radius 3 is 2.86 bits per heavy atom. The van der Waals surface area contributed by atoms with Crippen LogP contribution in [0.5, 0.6) is 5.75 Å². The van der Waals surface area contributed by atoms with E-state index in [0.717, 1.165) is 45.9 Å². The van der Waals surface area contributed by atoms with E-state index < -0.39 is 0 Å². The maximum atomic E-state index is 6.31. The van der Waals surface area contributed by atoms with Crippen LogP contribution >= 0.6 is 11.3 Å². The Hall–Kier alpha value is -2.64. The molecule has 7 heteroatoms. The number of hydrogen-bond donors (Lipinski definition) is 1. The number of fused-ring (bicyclic) bond motifs is 2. The number of aryl methyl sites for hydroxylation is 1. The van der Waals surface area contributed by atoms with E-state index in [2.05, 4.69) is 53.2 Å². The summed E-state index contributed by atoms with van der Waals surface area (Å²) in [5.41, 5.74) is 10.7. The summed E-state index contributed by atoms with van der Waals surface area (Å²) in [4.78, 5) is 7.79. The minimum atomic E-state index is 0.451. The number of hydrogen-bond acceptors (Lipinski definition) is 6. The molecule has 2 N–H and O–H groups in total. The molecule has 0 saturated carbocycles. The molecule has 0 aliphatic carbocycles. The van der Waals surface area contributed by atoms with Gasteiger partial charge in [0.1, 0.15) is 17.6 Å². The number of nitrogens with two attached hydrogens (primary N) is 1. The van der Waals surface area contributed by atoms with E-state index in [4.69, 9.17) is 10.5 Å². The fourth-order valence-electron chi connectivity index (χ4n) is 4.30. The van der Waals surface area contributed by atoms with Crippen LogP contribution in [0.1, 0.15) is 23.6 Å². The number of likely N-dealkylation sites (tertiary alicyclic amines) is 1. The van der Waals surface area contributed by atoms with Crippen LogP contribution in [0, 0.1) is 6.92 Å². The maximum absolute atomic E-state index is 6.31. The summed E-state index contributed by atoms with van der Waals surface area (Å²) >= 11 is 1.73. The van der Waals surface area contributed by atoms with Crippen molar-refractivity contribution in [3.05, 3.63) is 41.9 Å². The number of ether oxygens (including phenoxy) is 1. The van der Waals surface area contributed by atoms with Gasteiger partial charge in [-0.2, -0.15) is 5.10 Å². The summed E-state index contributed by atoms with van der Waals surface area (Å²) in [6, 6.07) is 8.76. The molecule has 0 spiro atoms. The summed E-state index contributed by atoms with van der Waals surface area (Å²) in [7, 11) is 3.89. The van der Waals surface area contributed by atoms with Gasteiger partial charge < -0.3 is 15.4 Å². The van der Waals surface area contributed by atoms with E-state index in [1.807, 2.05) is 4.52 Å². The van der Waals surface area contributed by atoms with Crippen LogP contribution in [0.25, 0.3) is 26.0 Å². The van der Waals surface area contributed by atoms with Crippen molar-refractivity contribution >= 4 is 32.8 Å². The number of likely N-dealkylation sites (N-methyl/N-ethyl adjacent to an activating group) is 1. The highest BCUT2D eigenvalue weighted by Crippen LogP contribution is 2.43. The predicted molar refractivity (Wildman–Crippen MR) is 114 cm³/mol. The number of benzene rings is 1. The number of methoxy groups -OCH3 is 1. The van der Waals surface area contributed by atoms with Crippen LogP contribution < -0.4 is 10.5 Å². The van der Waals surface area contributed by atoms with E-state index in [0.29, 0.717) is 11.7 Å². The molecule has 28 heavy (non-hydrogen) atoms. The highest BCUT2D eigenvalue weighted by molar-refractivity contribution is 7.22. The fraction of sp³-hybridized carbons (Fsp3) is 0.333. The maximum Gasteiger partial charge on any atom is 0.152 e. The number of nitrogens with zero attached hydrogens (tertiary/aromatic N) is 4. The number of nitrogen functional groups attached to an aromatic ring is 1. The van der Waals surface area contributed by atoms with Crippen LogP contribution in [-0.2, 0) is 0 Å². The zero-order valence-electron chi connectivity index (χ0n) is 16.3. The molecule has 5 rings (SSSR count). The van der Waals surface area contributed by atoms with Crippen molar-refractivity contribution in [3.8, 4) is 16.2 Å². The lowest BCUT2D eigenvalue weighted by Gasteiger charge is -2.10. The first-order valence-corrected chi connectivity index (χ1v) is 10.3. The van der Waals surface area contributed by atoms with Crippen molar-refractivity contribution in [2.45, 2.75) is 19.3 Å². The second-order valence-electron chi connectivity index (χ2n) is 7.63. The van der Waals surface area contributed by atoms with E-state index in [-0.39, 0.29) is 0 Å². The third-order valence-electron chi connectivity index (χ3n) is 5.63. The molecular formula is C21H23N5OS. The first kappa shape index (κ1) is 17.5. The third-order valence-corrected chi connectivity index (χ3v) is 6.83. The SMILES string of the molecule is COc1cc(C)cc2cc(-c3cc(C4CCN(C)C4)n4ncnc(N)c34)sc12. The quantitative estimate of drug-likeness (QED) is 0.571. The summed E-state index contributed by atoms with van der Waals surface area (Å²) in [6.45, 7) is 4.23. The zero-order chi connectivity index (χ0) is 19.4. The van der Waals surface area contributed by atoms with Crippen LogP contribution in [0.4, 0.5) is 5.82 Å². The van der Waals surface area contributed by atoms with Crippen LogP contribution in [0.2, 0.25) is 0 Å². The molecule has 1 aromatic carbocycles. The lowest BCUT2D eigenvalue weighted by molar-refractivity contribution is 0.410. The lowest BCUT2D eigenvalue weighted by Crippen LogP contribution is -2.14. The molecule has 144 valence electrons. The topological polar surface area (TPSA) is 68.7 Å². The van der Waals surface area contributed by atoms with E-state index >= 15 is 0 Å². The molecule has 4 heterocycles. The molecule has 0 amide bonds. The van der Waals surface area contributed by atoms with E-state index in [1.54, 1.807) is 24.8 Å². The fourth-order valence-corrected chi connectivity index (χ4v) is 5.45. The Kier molecular flexibility index (Phi) is 4.03. The van der Waals surface area contributed by atoms with Gasteiger partial charge in [-0.15, -0.1) is 11.3 Å². The average Bonchev–Trinajstić information content (AvgIpc) is 3.37. The van der Waals surface area contributed by atoms with Crippen molar-refractivity contribution in [2.24, 2.45) is 0 Å². The average molecular weight is 394 g/mol. The molecule has 0 radical (unpaired) electrons. The predicted octanol–water partition coefficient (Wildman–Crippen LogP) is 3.93. The van der Waals surface area contributed by atoms with Gasteiger partial charge in [0, 0.05) is 28.6 Å². The van der Waals surface area contributed by atoms with Crippen molar-refractivity contribution in [1.82, 2.24) is 19.5 Å². The monoisotopic (exact) mass is 393 g/mol. The minimum Gasteiger partial charge on any atom is -0.495 e. The standard InChI is InChI=1S/C21H23N5OS/c1-12-6-14-8-18(28-20(14)17(7-12)27-3)15-9-16(13-4-5-25(2)10-13)26-19(15)21(22)23-11-24-26/h6-9,11,13H,4-5,10H2,1-3H3,(H2,22,23,24). The molecule has 4 aromatic rings. The number of thiophene rings is 1. The summed E-state index contributed by atoms with van der Waals surface area (Å²) in [6.07, 6.45) is 2.68. The Morgan fingerprint density at radius 1 is 1.25 bits per heavy atom. The molecule has 6 nitrogen and oxygen atoms in total. The first-order valence-electron chi connectivity index (χ1n) is 9.44. The molecule has 1 aliphatic heterocycles. The van der Waals surface area contributed by atoms with E-state index in [9.17, 15) is 0 Å². The smallest absolute Gasteiger partial charge is 0.152 e. The Morgan fingerprint density at radius 2 is 2.11 bits per heavy atom. The summed E-state index contributed by atoms with van der Waals surface area (Å²) in [5.74, 6) is 1.88. The second kappa shape index (κ2) is 6.46. The van der Waals surface area contributed by atoms with Gasteiger partial charge in [0.15, 0.2) is 5.82 Å². The van der Waals surface area contributed by atoms with Crippen LogP contribution in [-0.4, -0.2) is 46.7 Å². The molecule has 1 atom stereocenters. The Bertz CT molecular complexity index is 1190. The van der Waals surface area contributed by atoms with Crippen molar-refractivity contribution in [2.75, 3.05) is 33.0 Å². The van der Waals surface area contributed by atoms with Gasteiger partial charge >= 0.3 is 0 Å². The van der Waals surface area contributed by atoms with E-state index in [1.165, 1.54) is 16.6 Å². The minimum absolute atomic E-state index is 0.451. The molecule has 3 aromatic heterocycles. The third kappa shape index (κ3) is 2.65. The molecule has 0 bridgehead atoms. The zero-order valence-corrected chi connectivity index (χ0v) is 17.1. The molecule has 1 fully saturated rings. The Labute approximate surface area is 167 Å². The Balaban J connectivity index is 1.74. The number of anilines is 1. The molecule has 1 unspecified atom stereocenters. The highest BCUT2D eigenvalue weighted by atomic mass is 32.1. The molecular weight excluding hydrogens is 370 g/mol. The van der Waals surface area contributed by atoms with Crippen LogP contribution in [0.15, 0.2) is 30.6 Å². The van der Waals surface area contributed by atoms with Gasteiger partial charge in [0.25, 0.3) is 0 Å². The summed E-state index contributed by atoms with van der Waals surface area (Å²) in [5, 5.41) is 5.74. The van der Waals surface area contributed by atoms with Crippen LogP contribution in [0.3, 0.4) is 0 Å².